The predicted octanol–water partition coefficient (Wildman–Crippen LogP) is 3.92. The molecule has 1 unspecified atom stereocenters. The van der Waals surface area contributed by atoms with Gasteiger partial charge in [-0.25, -0.2) is 9.43 Å². The monoisotopic (exact) mass is 287 g/mol. The van der Waals surface area contributed by atoms with Crippen molar-refractivity contribution < 1.29 is 4.52 Å². The van der Waals surface area contributed by atoms with Gasteiger partial charge in [-0.2, -0.15) is 0 Å². The third-order valence-electron chi connectivity index (χ3n) is 3.40. The van der Waals surface area contributed by atoms with Crippen molar-refractivity contribution in [3.05, 3.63) is 0 Å². The summed E-state index contributed by atoms with van der Waals surface area (Å²) in [6.45, 7) is 11.4. The van der Waals surface area contributed by atoms with Crippen LogP contribution in [0.5, 0.6) is 0 Å². The van der Waals surface area contributed by atoms with E-state index in [1.165, 1.54) is 25.7 Å². The molecule has 1 aliphatic carbocycles. The number of nitrogens with zero attached hydrogens (tertiary/aromatic N) is 2. The van der Waals surface area contributed by atoms with E-state index in [1.54, 1.807) is 0 Å². The molecule has 4 nitrogen and oxygen atoms in total. The topological polar surface area (TPSA) is 50.9 Å². The number of nitrogens with two attached hydrogens (primary N) is 1. The van der Waals surface area contributed by atoms with Gasteiger partial charge in [0.1, 0.15) is 0 Å². The van der Waals surface area contributed by atoms with Gasteiger partial charge in [0, 0.05) is 12.1 Å². The molecule has 0 aliphatic heterocycles. The van der Waals surface area contributed by atoms with Crippen molar-refractivity contribution in [2.75, 3.05) is 6.61 Å². The lowest BCUT2D eigenvalue weighted by atomic mass is 10.1. The molecule has 0 bridgehead atoms. The highest BCUT2D eigenvalue weighted by molar-refractivity contribution is 7.48. The second-order valence-corrected chi connectivity index (χ2v) is 7.43. The van der Waals surface area contributed by atoms with Crippen molar-refractivity contribution >= 4 is 14.3 Å². The maximum Gasteiger partial charge on any atom is 0.240 e. The third kappa shape index (κ3) is 5.76. The second kappa shape index (κ2) is 8.18. The number of amidine groups is 1. The van der Waals surface area contributed by atoms with Gasteiger partial charge in [0.25, 0.3) is 0 Å². The number of hydrogen-bond acceptors (Lipinski definition) is 3. The average Bonchev–Trinajstić information content (AvgIpc) is 2.76. The molecule has 1 atom stereocenters. The zero-order chi connectivity index (χ0) is 14.4. The quantitative estimate of drug-likeness (QED) is 0.438. The molecule has 0 aromatic rings. The van der Waals surface area contributed by atoms with Crippen LogP contribution in [-0.4, -0.2) is 29.2 Å². The second-order valence-electron chi connectivity index (χ2n) is 6.01. The van der Waals surface area contributed by atoms with E-state index in [1.807, 2.05) is 6.92 Å². The Balaban J connectivity index is 2.66. The Morgan fingerprint density at radius 3 is 2.21 bits per heavy atom. The summed E-state index contributed by atoms with van der Waals surface area (Å²) in [7, 11) is -0.962. The van der Waals surface area contributed by atoms with Gasteiger partial charge in [-0.15, -0.1) is 0 Å². The van der Waals surface area contributed by atoms with Gasteiger partial charge in [0.2, 0.25) is 8.45 Å². The van der Waals surface area contributed by atoms with E-state index in [-0.39, 0.29) is 0 Å². The Hall–Kier alpha value is -0.180. The molecular weight excluding hydrogens is 257 g/mol. The molecule has 1 fully saturated rings. The van der Waals surface area contributed by atoms with Crippen LogP contribution in [0.25, 0.3) is 0 Å². The minimum Gasteiger partial charge on any atom is -0.387 e. The van der Waals surface area contributed by atoms with Gasteiger partial charge in [0.15, 0.2) is 0 Å². The van der Waals surface area contributed by atoms with Crippen LogP contribution >= 0.6 is 8.45 Å². The van der Waals surface area contributed by atoms with Crippen molar-refractivity contribution in [1.29, 1.82) is 0 Å². The lowest BCUT2D eigenvalue weighted by Gasteiger charge is -2.34. The van der Waals surface area contributed by atoms with Crippen LogP contribution in [0.4, 0.5) is 0 Å². The van der Waals surface area contributed by atoms with Crippen LogP contribution in [-0.2, 0) is 4.52 Å². The predicted molar refractivity (Wildman–Crippen MR) is 84.2 cm³/mol. The third-order valence-corrected chi connectivity index (χ3v) is 5.58. The van der Waals surface area contributed by atoms with Gasteiger partial charge >= 0.3 is 0 Å². The normalized spacial score (nSPS) is 19.9. The fraction of sp³-hybridized carbons (Fsp3) is 0.929. The van der Waals surface area contributed by atoms with Crippen LogP contribution in [0.3, 0.4) is 0 Å². The van der Waals surface area contributed by atoms with Crippen LogP contribution in [0, 0.1) is 5.92 Å². The van der Waals surface area contributed by atoms with Crippen LogP contribution in [0.1, 0.15) is 60.3 Å². The molecule has 0 heterocycles. The maximum atomic E-state index is 6.14. The SMILES string of the molecule is CC(N)=NP(OCC1CCCC1)N(C(C)C)C(C)C. The summed E-state index contributed by atoms with van der Waals surface area (Å²) in [6, 6.07) is 0.829. The molecule has 5 heteroatoms. The van der Waals surface area contributed by atoms with Gasteiger partial charge in [-0.3, -0.25) is 0 Å². The maximum absolute atomic E-state index is 6.14. The van der Waals surface area contributed by atoms with Gasteiger partial charge < -0.3 is 10.3 Å². The molecule has 19 heavy (non-hydrogen) atoms. The fourth-order valence-corrected chi connectivity index (χ4v) is 4.32. The molecule has 0 spiro atoms. The van der Waals surface area contributed by atoms with Crippen molar-refractivity contribution in [2.45, 2.75) is 72.4 Å². The van der Waals surface area contributed by atoms with E-state index < -0.39 is 8.45 Å². The van der Waals surface area contributed by atoms with Crippen LogP contribution in [0.15, 0.2) is 4.76 Å². The number of rotatable bonds is 7. The first-order valence-electron chi connectivity index (χ1n) is 7.43. The largest absolute Gasteiger partial charge is 0.387 e. The Morgan fingerprint density at radius 2 is 1.79 bits per heavy atom. The fourth-order valence-electron chi connectivity index (χ4n) is 2.62. The molecule has 0 saturated heterocycles. The summed E-state index contributed by atoms with van der Waals surface area (Å²) >= 11 is 0. The molecule has 0 aromatic heterocycles. The average molecular weight is 287 g/mol. The van der Waals surface area contributed by atoms with Gasteiger partial charge in [-0.05, 0) is 53.4 Å². The highest BCUT2D eigenvalue weighted by Gasteiger charge is 2.27. The van der Waals surface area contributed by atoms with Crippen LogP contribution in [0.2, 0.25) is 0 Å². The standard InChI is InChI=1S/C14H30N3OP/c1-11(2)17(12(3)4)19(16-13(5)15)18-10-14-8-6-7-9-14/h11-12,14H,6-10H2,1-5H3,(H2,15,16). The highest BCUT2D eigenvalue weighted by atomic mass is 31.2. The van der Waals surface area contributed by atoms with E-state index in [4.69, 9.17) is 10.3 Å². The van der Waals surface area contributed by atoms with E-state index in [0.29, 0.717) is 17.9 Å². The molecule has 2 N–H and O–H groups in total. The first-order valence-corrected chi connectivity index (χ1v) is 8.60. The molecule has 1 aliphatic rings. The van der Waals surface area contributed by atoms with Crippen molar-refractivity contribution in [2.24, 2.45) is 16.4 Å². The van der Waals surface area contributed by atoms with E-state index in [0.717, 1.165) is 12.5 Å². The van der Waals surface area contributed by atoms with Gasteiger partial charge in [0.05, 0.1) is 12.4 Å². The summed E-state index contributed by atoms with van der Waals surface area (Å²) < 4.78 is 13.0. The number of hydrogen-bond donors (Lipinski definition) is 1. The summed E-state index contributed by atoms with van der Waals surface area (Å²) in [5.74, 6) is 1.34. The molecule has 0 aromatic carbocycles. The Bertz CT molecular complexity index is 276. The first kappa shape index (κ1) is 16.9. The minimum absolute atomic E-state index is 0.415. The van der Waals surface area contributed by atoms with E-state index in [9.17, 15) is 0 Å². The summed E-state index contributed by atoms with van der Waals surface area (Å²) in [6.07, 6.45) is 5.31. The molecule has 112 valence electrons. The van der Waals surface area contributed by atoms with E-state index >= 15 is 0 Å². The molecule has 1 saturated carbocycles. The molecule has 0 amide bonds. The summed E-state index contributed by atoms with van der Waals surface area (Å²) in [4.78, 5) is 0. The summed E-state index contributed by atoms with van der Waals surface area (Å²) in [5.41, 5.74) is 5.77. The molecular formula is C14H30N3OP. The van der Waals surface area contributed by atoms with Crippen molar-refractivity contribution in [1.82, 2.24) is 4.67 Å². The molecule has 0 radical (unpaired) electrons. The Labute approximate surface area is 119 Å². The zero-order valence-electron chi connectivity index (χ0n) is 13.1. The molecule has 1 rings (SSSR count). The highest BCUT2D eigenvalue weighted by Crippen LogP contribution is 2.47. The lowest BCUT2D eigenvalue weighted by Crippen LogP contribution is -2.33. The van der Waals surface area contributed by atoms with E-state index in [2.05, 4.69) is 37.1 Å². The minimum atomic E-state index is -0.962. The van der Waals surface area contributed by atoms with Crippen molar-refractivity contribution in [3.8, 4) is 0 Å². The summed E-state index contributed by atoms with van der Waals surface area (Å²) in [5, 5.41) is 0. The van der Waals surface area contributed by atoms with Crippen molar-refractivity contribution in [3.63, 3.8) is 0 Å². The first-order chi connectivity index (χ1) is 8.91. The lowest BCUT2D eigenvalue weighted by molar-refractivity contribution is 0.223. The Morgan fingerprint density at radius 1 is 1.26 bits per heavy atom. The zero-order valence-corrected chi connectivity index (χ0v) is 14.0. The van der Waals surface area contributed by atoms with Crippen LogP contribution < -0.4 is 5.73 Å². The smallest absolute Gasteiger partial charge is 0.240 e. The Kier molecular flexibility index (Phi) is 7.27. The van der Waals surface area contributed by atoms with Gasteiger partial charge in [-0.1, -0.05) is 12.8 Å².